The van der Waals surface area contributed by atoms with Crippen LogP contribution in [0.5, 0.6) is 0 Å². The van der Waals surface area contributed by atoms with Gasteiger partial charge < -0.3 is 5.11 Å². The van der Waals surface area contributed by atoms with Crippen LogP contribution in [0.25, 0.3) is 0 Å². The Bertz CT molecular complexity index is 1170. The lowest BCUT2D eigenvalue weighted by molar-refractivity contribution is -0.193. The molecule has 8 atom stereocenters. The molecule has 0 amide bonds. The summed E-state index contributed by atoms with van der Waals surface area (Å²) < 4.78 is 0. The van der Waals surface area contributed by atoms with Gasteiger partial charge in [-0.15, -0.1) is 0 Å². The van der Waals surface area contributed by atoms with Crippen LogP contribution in [0.2, 0.25) is 0 Å². The van der Waals surface area contributed by atoms with E-state index < -0.39 is 22.7 Å². The summed E-state index contributed by atoms with van der Waals surface area (Å²) in [4.78, 5) is 26.4. The zero-order chi connectivity index (χ0) is 28.1. The number of nitrogens with zero attached hydrogens (tertiary/aromatic N) is 1. The van der Waals surface area contributed by atoms with Crippen molar-refractivity contribution in [1.82, 2.24) is 0 Å². The third kappa shape index (κ3) is 3.32. The highest BCUT2D eigenvalue weighted by atomic mass is 16.4. The summed E-state index contributed by atoms with van der Waals surface area (Å²) in [5.74, 6) is -0.329. The second-order valence-corrected chi connectivity index (χ2v) is 15.9. The van der Waals surface area contributed by atoms with Gasteiger partial charge in [-0.05, 0) is 110 Å². The van der Waals surface area contributed by atoms with Crippen LogP contribution >= 0.6 is 0 Å². The average Bonchev–Trinajstić information content (AvgIpc) is 2.82. The predicted octanol–water partition coefficient (Wildman–Crippen LogP) is 8.14. The Morgan fingerprint density at radius 1 is 0.974 bits per heavy atom. The molecule has 5 aliphatic carbocycles. The number of fused-ring (bicyclic) bond motifs is 7. The van der Waals surface area contributed by atoms with Crippen molar-refractivity contribution in [2.24, 2.45) is 56.2 Å². The highest BCUT2D eigenvalue weighted by Gasteiger charge is 2.71. The van der Waals surface area contributed by atoms with Gasteiger partial charge in [0.15, 0.2) is 5.78 Å². The van der Waals surface area contributed by atoms with Crippen LogP contribution in [0.15, 0.2) is 23.3 Å². The van der Waals surface area contributed by atoms with Gasteiger partial charge in [0, 0.05) is 5.41 Å². The van der Waals surface area contributed by atoms with E-state index in [0.717, 1.165) is 51.4 Å². The SMILES string of the molecule is CC=CC1=C2C3CC(C)(C)CCC3(C(=O)O)CCC2(C)C2(C)CCC3C(C)(C)C(=O)C(C#N)CC3(C)C2C1. The van der Waals surface area contributed by atoms with Gasteiger partial charge in [-0.1, -0.05) is 66.2 Å². The number of Topliss-reactive ketones (excluding diaryl/α,β-unsaturated/α-hetero) is 1. The van der Waals surface area contributed by atoms with E-state index in [-0.39, 0.29) is 39.3 Å². The van der Waals surface area contributed by atoms with E-state index in [1.54, 1.807) is 0 Å². The van der Waals surface area contributed by atoms with Crippen molar-refractivity contribution in [3.8, 4) is 6.07 Å². The number of carbonyl (C=O) groups excluding carboxylic acids is 1. The Balaban J connectivity index is 1.72. The van der Waals surface area contributed by atoms with Crippen LogP contribution in [0.4, 0.5) is 0 Å². The molecule has 4 nitrogen and oxygen atoms in total. The molecule has 0 aromatic rings. The van der Waals surface area contributed by atoms with Gasteiger partial charge in [-0.3, -0.25) is 9.59 Å². The molecule has 0 radical (unpaired) electrons. The summed E-state index contributed by atoms with van der Waals surface area (Å²) in [7, 11) is 0. The maximum absolute atomic E-state index is 13.4. The Morgan fingerprint density at radius 3 is 2.24 bits per heavy atom. The molecule has 5 rings (SSSR count). The Kier molecular flexibility index (Phi) is 6.05. The molecule has 0 aromatic carbocycles. The number of carboxylic acids is 1. The maximum atomic E-state index is 13.4. The number of allylic oxidation sites excluding steroid dienone is 4. The van der Waals surface area contributed by atoms with Gasteiger partial charge in [-0.2, -0.15) is 5.26 Å². The molecular weight excluding hydrogens is 470 g/mol. The van der Waals surface area contributed by atoms with Crippen molar-refractivity contribution in [2.45, 2.75) is 113 Å². The van der Waals surface area contributed by atoms with Crippen molar-refractivity contribution in [1.29, 1.82) is 5.26 Å². The highest BCUT2D eigenvalue weighted by molar-refractivity contribution is 5.89. The van der Waals surface area contributed by atoms with Crippen LogP contribution < -0.4 is 0 Å². The maximum Gasteiger partial charge on any atom is 0.310 e. The molecule has 4 saturated carbocycles. The second kappa shape index (κ2) is 8.31. The van der Waals surface area contributed by atoms with E-state index >= 15 is 0 Å². The Hall–Kier alpha value is -1.89. The van der Waals surface area contributed by atoms with E-state index in [9.17, 15) is 20.0 Å². The van der Waals surface area contributed by atoms with Crippen molar-refractivity contribution < 1.29 is 14.7 Å². The number of aliphatic carboxylic acids is 1. The van der Waals surface area contributed by atoms with Gasteiger partial charge >= 0.3 is 5.97 Å². The third-order valence-electron chi connectivity index (χ3n) is 13.4. The molecule has 0 aliphatic heterocycles. The average molecular weight is 520 g/mol. The minimum absolute atomic E-state index is 0.00138. The molecule has 1 N–H and O–H groups in total. The van der Waals surface area contributed by atoms with Gasteiger partial charge in [0.2, 0.25) is 0 Å². The Labute approximate surface area is 230 Å². The lowest BCUT2D eigenvalue weighted by atomic mass is 9.32. The number of carbonyl (C=O) groups is 2. The quantitative estimate of drug-likeness (QED) is 0.399. The smallest absolute Gasteiger partial charge is 0.310 e. The van der Waals surface area contributed by atoms with Crippen LogP contribution in [0.1, 0.15) is 113 Å². The Morgan fingerprint density at radius 2 is 1.63 bits per heavy atom. The standard InChI is InChI=1S/C34H49NO3/c1-9-10-21-17-25-31(6)18-22(20-35)27(36)30(4,5)24(31)11-12-32(25,7)33(8)14-16-34(28(37)38)15-13-29(2,3)19-23(34)26(21)33/h9-10,22-25H,11-19H2,1-8H3,(H,37,38). The van der Waals surface area contributed by atoms with Crippen LogP contribution in [-0.4, -0.2) is 16.9 Å². The first-order valence-corrected chi connectivity index (χ1v) is 15.1. The molecule has 38 heavy (non-hydrogen) atoms. The predicted molar refractivity (Wildman–Crippen MR) is 150 cm³/mol. The topological polar surface area (TPSA) is 78.2 Å². The summed E-state index contributed by atoms with van der Waals surface area (Å²) in [5, 5.41) is 20.8. The monoisotopic (exact) mass is 519 g/mol. The van der Waals surface area contributed by atoms with Crippen molar-refractivity contribution in [3.63, 3.8) is 0 Å². The molecule has 0 heterocycles. The van der Waals surface area contributed by atoms with E-state index in [2.05, 4.69) is 73.6 Å². The summed E-state index contributed by atoms with van der Waals surface area (Å²) in [6.45, 7) is 18.3. The van der Waals surface area contributed by atoms with Gasteiger partial charge in [0.25, 0.3) is 0 Å². The third-order valence-corrected chi connectivity index (χ3v) is 13.4. The van der Waals surface area contributed by atoms with Crippen molar-refractivity contribution in [3.05, 3.63) is 23.3 Å². The number of hydrogen-bond donors (Lipinski definition) is 1. The van der Waals surface area contributed by atoms with Crippen LogP contribution in [0, 0.1) is 67.5 Å². The fourth-order valence-electron chi connectivity index (χ4n) is 11.2. The number of rotatable bonds is 2. The molecule has 0 spiro atoms. The van der Waals surface area contributed by atoms with Crippen molar-refractivity contribution >= 4 is 11.8 Å². The van der Waals surface area contributed by atoms with E-state index in [1.807, 2.05) is 0 Å². The van der Waals surface area contributed by atoms with Crippen LogP contribution in [-0.2, 0) is 9.59 Å². The molecule has 5 aliphatic rings. The normalized spacial score (nSPS) is 47.4. The van der Waals surface area contributed by atoms with Gasteiger partial charge in [-0.25, -0.2) is 0 Å². The van der Waals surface area contributed by atoms with E-state index in [0.29, 0.717) is 12.3 Å². The molecule has 0 aromatic heterocycles. The largest absolute Gasteiger partial charge is 0.481 e. The number of ketones is 1. The fourth-order valence-corrected chi connectivity index (χ4v) is 11.2. The summed E-state index contributed by atoms with van der Waals surface area (Å²) in [5.41, 5.74) is 1.57. The number of nitriles is 1. The first kappa shape index (κ1) is 27.7. The molecule has 0 bridgehead atoms. The fraction of sp³-hybridized carbons (Fsp3) is 0.794. The van der Waals surface area contributed by atoms with Gasteiger partial charge in [0.1, 0.15) is 5.92 Å². The molecule has 4 heteroatoms. The van der Waals surface area contributed by atoms with Crippen LogP contribution in [0.3, 0.4) is 0 Å². The van der Waals surface area contributed by atoms with Gasteiger partial charge in [0.05, 0.1) is 11.5 Å². The number of hydrogen-bond acceptors (Lipinski definition) is 3. The lowest BCUT2D eigenvalue weighted by Crippen LogP contribution is -2.66. The second-order valence-electron chi connectivity index (χ2n) is 15.9. The van der Waals surface area contributed by atoms with E-state index in [1.165, 1.54) is 11.1 Å². The molecule has 208 valence electrons. The minimum atomic E-state index is -0.660. The zero-order valence-corrected chi connectivity index (χ0v) is 25.0. The first-order valence-electron chi connectivity index (χ1n) is 15.1. The highest BCUT2D eigenvalue weighted by Crippen LogP contribution is 2.76. The number of carboxylic acid groups (broad SMARTS) is 1. The summed E-state index contributed by atoms with van der Waals surface area (Å²) in [6, 6.07) is 2.40. The lowest BCUT2D eigenvalue weighted by Gasteiger charge is -2.71. The molecular formula is C34H49NO3. The zero-order valence-electron chi connectivity index (χ0n) is 25.0. The summed E-state index contributed by atoms with van der Waals surface area (Å²) >= 11 is 0. The molecule has 4 fully saturated rings. The van der Waals surface area contributed by atoms with Crippen molar-refractivity contribution in [2.75, 3.05) is 0 Å². The molecule has 8 unspecified atom stereocenters. The minimum Gasteiger partial charge on any atom is -0.481 e. The van der Waals surface area contributed by atoms with E-state index in [4.69, 9.17) is 0 Å². The first-order chi connectivity index (χ1) is 17.5. The summed E-state index contributed by atoms with van der Waals surface area (Å²) in [6.07, 6.45) is 12.4. The molecule has 0 saturated heterocycles.